The Balaban J connectivity index is 2.68. The zero-order valence-electron chi connectivity index (χ0n) is 10.3. The number of rotatable bonds is 4. The Bertz CT molecular complexity index is 341. The Labute approximate surface area is 102 Å². The van der Waals surface area contributed by atoms with E-state index in [1.165, 1.54) is 0 Å². The number of nitrogens with one attached hydrogen (secondary N) is 1. The molecular formula is C12H20ClN3. The number of halogens is 1. The molecule has 3 N–H and O–H groups in total. The van der Waals surface area contributed by atoms with Gasteiger partial charge in [0.1, 0.15) is 11.0 Å². The maximum Gasteiger partial charge on any atom is 0.133 e. The fourth-order valence-corrected chi connectivity index (χ4v) is 1.35. The smallest absolute Gasteiger partial charge is 0.133 e. The second-order valence-electron chi connectivity index (χ2n) is 5.11. The highest BCUT2D eigenvalue weighted by atomic mass is 35.5. The number of aromatic nitrogens is 1. The minimum atomic E-state index is 0.207. The van der Waals surface area contributed by atoms with Crippen LogP contribution in [0.4, 0.5) is 11.5 Å². The van der Waals surface area contributed by atoms with E-state index >= 15 is 0 Å². The summed E-state index contributed by atoms with van der Waals surface area (Å²) in [5.74, 6) is 1.33. The lowest BCUT2D eigenvalue weighted by Gasteiger charge is -2.29. The number of hydrogen-bond donors (Lipinski definition) is 2. The fourth-order valence-electron chi connectivity index (χ4n) is 1.13. The molecule has 0 atom stereocenters. The van der Waals surface area contributed by atoms with Gasteiger partial charge in [-0.1, -0.05) is 39.3 Å². The Morgan fingerprint density at radius 1 is 1.44 bits per heavy atom. The van der Waals surface area contributed by atoms with Crippen molar-refractivity contribution in [2.75, 3.05) is 17.6 Å². The molecule has 1 rings (SSSR count). The van der Waals surface area contributed by atoms with Gasteiger partial charge < -0.3 is 11.1 Å². The lowest BCUT2D eigenvalue weighted by molar-refractivity contribution is 0.269. The molecule has 4 heteroatoms. The summed E-state index contributed by atoms with van der Waals surface area (Å²) in [6.45, 7) is 9.71. The molecule has 1 aromatic rings. The van der Waals surface area contributed by atoms with E-state index in [1.807, 2.05) is 0 Å². The first-order valence-corrected chi connectivity index (χ1v) is 5.86. The third-order valence-electron chi connectivity index (χ3n) is 3.10. The van der Waals surface area contributed by atoms with E-state index in [1.54, 1.807) is 12.1 Å². The molecular weight excluding hydrogens is 222 g/mol. The molecule has 0 aliphatic heterocycles. The van der Waals surface area contributed by atoms with Crippen molar-refractivity contribution in [2.24, 2.45) is 11.3 Å². The molecule has 0 saturated heterocycles. The first-order valence-electron chi connectivity index (χ1n) is 5.48. The summed E-state index contributed by atoms with van der Waals surface area (Å²) in [4.78, 5) is 4.17. The molecule has 0 bridgehead atoms. The zero-order chi connectivity index (χ0) is 12.3. The largest absolute Gasteiger partial charge is 0.399 e. The first kappa shape index (κ1) is 13.1. The van der Waals surface area contributed by atoms with Gasteiger partial charge in [-0.05, 0) is 17.4 Å². The second-order valence-corrected chi connectivity index (χ2v) is 5.49. The minimum Gasteiger partial charge on any atom is -0.399 e. The van der Waals surface area contributed by atoms with E-state index in [0.717, 1.165) is 12.4 Å². The lowest BCUT2D eigenvalue weighted by atomic mass is 9.81. The summed E-state index contributed by atoms with van der Waals surface area (Å²) in [6.07, 6.45) is 0. The van der Waals surface area contributed by atoms with Gasteiger partial charge in [-0.2, -0.15) is 0 Å². The van der Waals surface area contributed by atoms with Gasteiger partial charge >= 0.3 is 0 Å². The van der Waals surface area contributed by atoms with Gasteiger partial charge in [0.25, 0.3) is 0 Å². The highest BCUT2D eigenvalue weighted by Crippen LogP contribution is 2.26. The molecule has 0 aromatic carbocycles. The van der Waals surface area contributed by atoms with Crippen LogP contribution in [0.2, 0.25) is 5.15 Å². The van der Waals surface area contributed by atoms with Crippen molar-refractivity contribution in [3.8, 4) is 0 Å². The van der Waals surface area contributed by atoms with E-state index in [9.17, 15) is 0 Å². The topological polar surface area (TPSA) is 50.9 Å². The second kappa shape index (κ2) is 4.91. The minimum absolute atomic E-state index is 0.207. The van der Waals surface area contributed by atoms with E-state index in [0.29, 0.717) is 16.8 Å². The average molecular weight is 242 g/mol. The van der Waals surface area contributed by atoms with Crippen LogP contribution in [0.5, 0.6) is 0 Å². The summed E-state index contributed by atoms with van der Waals surface area (Å²) >= 11 is 5.83. The van der Waals surface area contributed by atoms with E-state index in [2.05, 4.69) is 38.0 Å². The molecule has 1 aromatic heterocycles. The fraction of sp³-hybridized carbons (Fsp3) is 0.583. The van der Waals surface area contributed by atoms with Crippen LogP contribution in [0.3, 0.4) is 0 Å². The van der Waals surface area contributed by atoms with Crippen LogP contribution < -0.4 is 11.1 Å². The van der Waals surface area contributed by atoms with Crippen LogP contribution in [0.1, 0.15) is 27.7 Å². The van der Waals surface area contributed by atoms with Crippen molar-refractivity contribution in [2.45, 2.75) is 27.7 Å². The summed E-state index contributed by atoms with van der Waals surface area (Å²) in [7, 11) is 0. The molecule has 0 aliphatic rings. The molecule has 0 radical (unpaired) electrons. The van der Waals surface area contributed by atoms with Gasteiger partial charge in [-0.25, -0.2) is 4.98 Å². The summed E-state index contributed by atoms with van der Waals surface area (Å²) in [5.41, 5.74) is 6.53. The molecule has 0 spiro atoms. The third kappa shape index (κ3) is 3.56. The van der Waals surface area contributed by atoms with Crippen LogP contribution in [-0.4, -0.2) is 11.5 Å². The molecule has 90 valence electrons. The molecule has 0 unspecified atom stereocenters. The predicted molar refractivity (Wildman–Crippen MR) is 70.8 cm³/mol. The van der Waals surface area contributed by atoms with Gasteiger partial charge in [0.15, 0.2) is 0 Å². The molecule has 0 saturated carbocycles. The maximum absolute atomic E-state index is 5.83. The zero-order valence-corrected chi connectivity index (χ0v) is 11.1. The van der Waals surface area contributed by atoms with Gasteiger partial charge in [-0.15, -0.1) is 0 Å². The Hall–Kier alpha value is -0.960. The van der Waals surface area contributed by atoms with Gasteiger partial charge in [-0.3, -0.25) is 0 Å². The van der Waals surface area contributed by atoms with Gasteiger partial charge in [0, 0.05) is 18.3 Å². The normalized spacial score (nSPS) is 11.9. The van der Waals surface area contributed by atoms with Crippen LogP contribution in [0.25, 0.3) is 0 Å². The SMILES string of the molecule is CC(C)C(C)(C)CNc1cc(N)cc(Cl)n1. The molecule has 1 heterocycles. The predicted octanol–water partition coefficient (Wildman–Crippen LogP) is 3.41. The van der Waals surface area contributed by atoms with Crippen molar-refractivity contribution in [1.29, 1.82) is 0 Å². The summed E-state index contributed by atoms with van der Waals surface area (Å²) < 4.78 is 0. The summed E-state index contributed by atoms with van der Waals surface area (Å²) in [6, 6.07) is 3.43. The van der Waals surface area contributed by atoms with E-state index < -0.39 is 0 Å². The standard InChI is InChI=1S/C12H20ClN3/c1-8(2)12(3,4)7-15-11-6-9(14)5-10(13)16-11/h5-6,8H,7H2,1-4H3,(H3,14,15,16). The van der Waals surface area contributed by atoms with E-state index in [-0.39, 0.29) is 5.41 Å². The quantitative estimate of drug-likeness (QED) is 0.795. The molecule has 16 heavy (non-hydrogen) atoms. The van der Waals surface area contributed by atoms with Crippen molar-refractivity contribution in [1.82, 2.24) is 4.98 Å². The number of nitrogen functional groups attached to an aromatic ring is 1. The van der Waals surface area contributed by atoms with Crippen LogP contribution >= 0.6 is 11.6 Å². The monoisotopic (exact) mass is 241 g/mol. The Morgan fingerprint density at radius 3 is 2.56 bits per heavy atom. The van der Waals surface area contributed by atoms with Crippen LogP contribution in [0, 0.1) is 11.3 Å². The number of anilines is 2. The maximum atomic E-state index is 5.83. The van der Waals surface area contributed by atoms with Crippen molar-refractivity contribution >= 4 is 23.1 Å². The summed E-state index contributed by atoms with van der Waals surface area (Å²) in [5, 5.41) is 3.69. The lowest BCUT2D eigenvalue weighted by Crippen LogP contribution is -2.28. The Morgan fingerprint density at radius 2 is 2.06 bits per heavy atom. The van der Waals surface area contributed by atoms with Crippen LogP contribution in [0.15, 0.2) is 12.1 Å². The van der Waals surface area contributed by atoms with Crippen molar-refractivity contribution in [3.63, 3.8) is 0 Å². The van der Waals surface area contributed by atoms with Gasteiger partial charge in [0.05, 0.1) is 0 Å². The third-order valence-corrected chi connectivity index (χ3v) is 3.30. The number of nitrogens with two attached hydrogens (primary N) is 1. The highest BCUT2D eigenvalue weighted by molar-refractivity contribution is 6.29. The first-order chi connectivity index (χ1) is 7.31. The Kier molecular flexibility index (Phi) is 4.03. The molecule has 0 fully saturated rings. The number of hydrogen-bond acceptors (Lipinski definition) is 3. The van der Waals surface area contributed by atoms with Crippen LogP contribution in [-0.2, 0) is 0 Å². The molecule has 3 nitrogen and oxygen atoms in total. The number of nitrogens with zero attached hydrogens (tertiary/aromatic N) is 1. The van der Waals surface area contributed by atoms with Gasteiger partial charge in [0.2, 0.25) is 0 Å². The van der Waals surface area contributed by atoms with E-state index in [4.69, 9.17) is 17.3 Å². The highest BCUT2D eigenvalue weighted by Gasteiger charge is 2.22. The van der Waals surface area contributed by atoms with Crippen molar-refractivity contribution in [3.05, 3.63) is 17.3 Å². The average Bonchev–Trinajstić information content (AvgIpc) is 2.13. The number of pyridine rings is 1. The molecule has 0 aliphatic carbocycles. The molecule has 0 amide bonds. The van der Waals surface area contributed by atoms with Crippen molar-refractivity contribution < 1.29 is 0 Å².